The van der Waals surface area contributed by atoms with Gasteiger partial charge in [-0.3, -0.25) is 4.79 Å². The van der Waals surface area contributed by atoms with Gasteiger partial charge in [-0.25, -0.2) is 4.39 Å². The Morgan fingerprint density at radius 3 is 2.68 bits per heavy atom. The van der Waals surface area contributed by atoms with Crippen LogP contribution in [0.1, 0.15) is 22.3 Å². The minimum Gasteiger partial charge on any atom is -0.381 e. The van der Waals surface area contributed by atoms with Crippen molar-refractivity contribution in [2.45, 2.75) is 13.0 Å². The van der Waals surface area contributed by atoms with E-state index in [-0.39, 0.29) is 24.1 Å². The number of nitrogens with zero attached hydrogens (tertiary/aromatic N) is 1. The molecule has 3 N–H and O–H groups in total. The van der Waals surface area contributed by atoms with Crippen LogP contribution in [0.2, 0.25) is 0 Å². The first-order chi connectivity index (χ1) is 11.7. The Hall–Kier alpha value is -2.11. The van der Waals surface area contributed by atoms with E-state index in [0.29, 0.717) is 24.6 Å². The topological polar surface area (TPSA) is 58.4 Å². The van der Waals surface area contributed by atoms with Crippen molar-refractivity contribution < 1.29 is 9.18 Å². The monoisotopic (exact) mass is 363 g/mol. The number of rotatable bonds is 5. The number of carbonyl (C=O) groups excluding carboxylic acids is 1. The average molecular weight is 364 g/mol. The van der Waals surface area contributed by atoms with E-state index in [1.807, 2.05) is 29.2 Å². The smallest absolute Gasteiger partial charge is 0.253 e. The first-order valence-corrected chi connectivity index (χ1v) is 8.23. The van der Waals surface area contributed by atoms with Crippen molar-refractivity contribution in [3.63, 3.8) is 0 Å². The maximum Gasteiger partial charge on any atom is 0.253 e. The minimum atomic E-state index is -0.243. The number of nitrogens with two attached hydrogens (primary N) is 1. The van der Waals surface area contributed by atoms with Crippen LogP contribution in [0.25, 0.3) is 0 Å². The lowest BCUT2D eigenvalue weighted by molar-refractivity contribution is 0.0787. The molecule has 0 saturated carbocycles. The summed E-state index contributed by atoms with van der Waals surface area (Å²) in [7, 11) is 0. The second kappa shape index (κ2) is 8.83. The molecule has 4 nitrogen and oxygen atoms in total. The second-order valence-electron chi connectivity index (χ2n) is 6.20. The molecule has 0 aromatic heterocycles. The van der Waals surface area contributed by atoms with Gasteiger partial charge in [0.05, 0.1) is 0 Å². The summed E-state index contributed by atoms with van der Waals surface area (Å²) >= 11 is 0. The molecule has 6 heteroatoms. The molecule has 1 saturated heterocycles. The van der Waals surface area contributed by atoms with E-state index in [0.717, 1.165) is 30.8 Å². The Bertz CT molecular complexity index is 708. The number of anilines is 1. The number of amides is 1. The summed E-state index contributed by atoms with van der Waals surface area (Å²) in [4.78, 5) is 14.5. The minimum absolute atomic E-state index is 0. The van der Waals surface area contributed by atoms with Crippen LogP contribution in [0, 0.1) is 11.7 Å². The highest BCUT2D eigenvalue weighted by Crippen LogP contribution is 2.20. The highest BCUT2D eigenvalue weighted by molar-refractivity contribution is 5.95. The van der Waals surface area contributed by atoms with E-state index in [4.69, 9.17) is 5.73 Å². The van der Waals surface area contributed by atoms with Gasteiger partial charge in [-0.2, -0.15) is 0 Å². The van der Waals surface area contributed by atoms with E-state index in [1.165, 1.54) is 12.1 Å². The lowest BCUT2D eigenvalue weighted by Crippen LogP contribution is -2.29. The van der Waals surface area contributed by atoms with Gasteiger partial charge >= 0.3 is 0 Å². The largest absolute Gasteiger partial charge is 0.381 e. The summed E-state index contributed by atoms with van der Waals surface area (Å²) in [6.45, 7) is 2.72. The van der Waals surface area contributed by atoms with Gasteiger partial charge in [0, 0.05) is 30.9 Å². The zero-order chi connectivity index (χ0) is 16.9. The third-order valence-corrected chi connectivity index (χ3v) is 4.43. The molecule has 25 heavy (non-hydrogen) atoms. The number of carbonyl (C=O) groups is 1. The fraction of sp³-hybridized carbons (Fsp3) is 0.316. The fourth-order valence-corrected chi connectivity index (χ4v) is 2.96. The highest BCUT2D eigenvalue weighted by Gasteiger charge is 2.25. The Morgan fingerprint density at radius 2 is 2.00 bits per heavy atom. The lowest BCUT2D eigenvalue weighted by Gasteiger charge is -2.17. The SMILES string of the molecule is Cl.NCC1CCN(C(=O)c2cccc(NCc3ccc(F)cc3)c2)C1. The first-order valence-electron chi connectivity index (χ1n) is 8.23. The van der Waals surface area contributed by atoms with Crippen molar-refractivity contribution in [1.29, 1.82) is 0 Å². The molecule has 1 amide bonds. The van der Waals surface area contributed by atoms with E-state index in [2.05, 4.69) is 5.32 Å². The molecule has 2 aromatic rings. The fourth-order valence-electron chi connectivity index (χ4n) is 2.96. The summed E-state index contributed by atoms with van der Waals surface area (Å²) < 4.78 is 12.9. The predicted molar refractivity (Wildman–Crippen MR) is 100 cm³/mol. The maximum absolute atomic E-state index is 12.9. The van der Waals surface area contributed by atoms with Crippen molar-refractivity contribution in [2.24, 2.45) is 11.7 Å². The molecule has 0 aliphatic carbocycles. The predicted octanol–water partition coefficient (Wildman–Crippen LogP) is 3.28. The van der Waals surface area contributed by atoms with E-state index in [9.17, 15) is 9.18 Å². The van der Waals surface area contributed by atoms with Crippen molar-refractivity contribution in [3.8, 4) is 0 Å². The van der Waals surface area contributed by atoms with Gasteiger partial charge in [-0.15, -0.1) is 12.4 Å². The van der Waals surface area contributed by atoms with Crippen LogP contribution < -0.4 is 11.1 Å². The molecule has 0 spiro atoms. The van der Waals surface area contributed by atoms with Gasteiger partial charge in [-0.1, -0.05) is 18.2 Å². The number of hydrogen-bond donors (Lipinski definition) is 2. The van der Waals surface area contributed by atoms with E-state index < -0.39 is 0 Å². The summed E-state index contributed by atoms with van der Waals surface area (Å²) in [6, 6.07) is 13.9. The molecular weight excluding hydrogens is 341 g/mol. The van der Waals surface area contributed by atoms with Crippen LogP contribution in [-0.2, 0) is 6.54 Å². The molecule has 0 bridgehead atoms. The van der Waals surface area contributed by atoms with Crippen LogP contribution in [0.4, 0.5) is 10.1 Å². The standard InChI is InChI=1S/C19H22FN3O.ClH/c20-17-6-4-14(5-7-17)12-22-18-3-1-2-16(10-18)19(24)23-9-8-15(11-21)13-23;/h1-7,10,15,22H,8-9,11-13,21H2;1H. The number of halogens is 2. The molecular formula is C19H23ClFN3O. The van der Waals surface area contributed by atoms with Crippen LogP contribution in [0.3, 0.4) is 0 Å². The van der Waals surface area contributed by atoms with Gasteiger partial charge in [0.2, 0.25) is 0 Å². The zero-order valence-electron chi connectivity index (χ0n) is 14.0. The van der Waals surface area contributed by atoms with Gasteiger partial charge in [-0.05, 0) is 54.8 Å². The molecule has 2 aromatic carbocycles. The molecule has 0 radical (unpaired) electrons. The number of likely N-dealkylation sites (tertiary alicyclic amines) is 1. The number of hydrogen-bond acceptors (Lipinski definition) is 3. The quantitative estimate of drug-likeness (QED) is 0.857. The lowest BCUT2D eigenvalue weighted by atomic mass is 10.1. The van der Waals surface area contributed by atoms with Crippen molar-refractivity contribution >= 4 is 24.0 Å². The zero-order valence-corrected chi connectivity index (χ0v) is 14.8. The molecule has 1 aliphatic heterocycles. The number of benzene rings is 2. The Morgan fingerprint density at radius 1 is 1.24 bits per heavy atom. The normalized spacial score (nSPS) is 16.4. The van der Waals surface area contributed by atoms with Crippen LogP contribution in [-0.4, -0.2) is 30.4 Å². The third kappa shape index (κ3) is 4.94. The van der Waals surface area contributed by atoms with E-state index >= 15 is 0 Å². The Kier molecular flexibility index (Phi) is 6.79. The van der Waals surface area contributed by atoms with Crippen molar-refractivity contribution in [1.82, 2.24) is 4.90 Å². The first kappa shape index (κ1) is 19.2. The highest BCUT2D eigenvalue weighted by atomic mass is 35.5. The van der Waals surface area contributed by atoms with Gasteiger partial charge in [0.1, 0.15) is 5.82 Å². The molecule has 1 aliphatic rings. The molecule has 3 rings (SSSR count). The average Bonchev–Trinajstić information content (AvgIpc) is 3.10. The van der Waals surface area contributed by atoms with Crippen LogP contribution in [0.5, 0.6) is 0 Å². The van der Waals surface area contributed by atoms with Gasteiger partial charge in [0.15, 0.2) is 0 Å². The van der Waals surface area contributed by atoms with Gasteiger partial charge in [0.25, 0.3) is 5.91 Å². The van der Waals surface area contributed by atoms with Crippen LogP contribution in [0.15, 0.2) is 48.5 Å². The van der Waals surface area contributed by atoms with Crippen molar-refractivity contribution in [3.05, 3.63) is 65.5 Å². The molecule has 1 atom stereocenters. The molecule has 1 fully saturated rings. The summed E-state index contributed by atoms with van der Waals surface area (Å²) in [5.74, 6) is 0.220. The van der Waals surface area contributed by atoms with Crippen molar-refractivity contribution in [2.75, 3.05) is 25.0 Å². The Labute approximate surface area is 153 Å². The molecule has 134 valence electrons. The number of nitrogens with one attached hydrogen (secondary N) is 1. The summed E-state index contributed by atoms with van der Waals surface area (Å²) in [5, 5.41) is 3.27. The Balaban J connectivity index is 0.00000225. The third-order valence-electron chi connectivity index (χ3n) is 4.43. The second-order valence-corrected chi connectivity index (χ2v) is 6.20. The van der Waals surface area contributed by atoms with Gasteiger partial charge < -0.3 is 16.0 Å². The summed E-state index contributed by atoms with van der Waals surface area (Å²) in [5.41, 5.74) is 8.23. The molecule has 1 heterocycles. The van der Waals surface area contributed by atoms with E-state index in [1.54, 1.807) is 12.1 Å². The summed E-state index contributed by atoms with van der Waals surface area (Å²) in [6.07, 6.45) is 0.977. The molecule has 1 unspecified atom stereocenters. The van der Waals surface area contributed by atoms with Crippen LogP contribution >= 0.6 is 12.4 Å². The maximum atomic E-state index is 12.9.